The maximum atomic E-state index is 12.4. The van der Waals surface area contributed by atoms with Gasteiger partial charge in [-0.15, -0.1) is 0 Å². The highest BCUT2D eigenvalue weighted by atomic mass is 19.4. The van der Waals surface area contributed by atoms with E-state index in [9.17, 15) is 13.2 Å². The Hall–Kier alpha value is -1.27. The number of rotatable bonds is 2. The molecule has 3 nitrogen and oxygen atoms in total. The number of hydrogen-bond donors (Lipinski definition) is 1. The third-order valence-electron chi connectivity index (χ3n) is 2.58. The molecule has 0 bridgehead atoms. The van der Waals surface area contributed by atoms with Crippen molar-refractivity contribution in [1.82, 2.24) is 5.32 Å². The number of nitrogens with one attached hydrogen (secondary N) is 1. The number of alkyl halides is 3. The molecule has 6 heteroatoms. The summed E-state index contributed by atoms with van der Waals surface area (Å²) in [5.41, 5.74) is -0.676. The lowest BCUT2D eigenvalue weighted by molar-refractivity contribution is -0.137. The minimum absolute atomic E-state index is 0.177. The lowest BCUT2D eigenvalue weighted by Gasteiger charge is -2.17. The first-order valence-corrected chi connectivity index (χ1v) is 5.68. The molecule has 0 spiro atoms. The highest BCUT2D eigenvalue weighted by molar-refractivity contribution is 5.29. The first-order chi connectivity index (χ1) is 8.55. The smallest absolute Gasteiger partial charge is 0.416 e. The van der Waals surface area contributed by atoms with Crippen LogP contribution < -0.4 is 10.1 Å². The fourth-order valence-electron chi connectivity index (χ4n) is 1.67. The van der Waals surface area contributed by atoms with E-state index < -0.39 is 11.7 Å². The van der Waals surface area contributed by atoms with Crippen LogP contribution in [0.4, 0.5) is 13.2 Å². The molecule has 18 heavy (non-hydrogen) atoms. The van der Waals surface area contributed by atoms with Gasteiger partial charge in [-0.05, 0) is 24.3 Å². The second kappa shape index (κ2) is 5.58. The molecule has 0 aliphatic carbocycles. The van der Waals surface area contributed by atoms with E-state index in [4.69, 9.17) is 9.47 Å². The maximum Gasteiger partial charge on any atom is 0.416 e. The van der Waals surface area contributed by atoms with Crippen LogP contribution in [0.25, 0.3) is 0 Å². The molecule has 1 heterocycles. The van der Waals surface area contributed by atoms with Crippen molar-refractivity contribution in [2.24, 2.45) is 0 Å². The first-order valence-electron chi connectivity index (χ1n) is 5.68. The van der Waals surface area contributed by atoms with Crippen LogP contribution in [0.2, 0.25) is 0 Å². The van der Waals surface area contributed by atoms with Crippen molar-refractivity contribution in [2.45, 2.75) is 12.3 Å². The van der Waals surface area contributed by atoms with E-state index in [1.807, 2.05) is 0 Å². The summed E-state index contributed by atoms with van der Waals surface area (Å²) < 4.78 is 47.9. The molecule has 0 aromatic heterocycles. The minimum atomic E-state index is -4.31. The normalized spacial score (nSPS) is 21.4. The molecule has 1 saturated heterocycles. The van der Waals surface area contributed by atoms with Crippen LogP contribution in [-0.4, -0.2) is 32.4 Å². The standard InChI is InChI=1S/C12H14F3NO2/c13-12(14,15)9-1-3-10(4-2-9)18-11-7-16-5-6-17-8-11/h1-4,11,16H,5-8H2/t11-/m0/s1. The second-order valence-electron chi connectivity index (χ2n) is 4.04. The minimum Gasteiger partial charge on any atom is -0.487 e. The Morgan fingerprint density at radius 3 is 2.61 bits per heavy atom. The van der Waals surface area contributed by atoms with Gasteiger partial charge in [0.05, 0.1) is 18.8 Å². The summed E-state index contributed by atoms with van der Waals surface area (Å²) in [7, 11) is 0. The van der Waals surface area contributed by atoms with Crippen LogP contribution in [0, 0.1) is 0 Å². The van der Waals surface area contributed by atoms with E-state index in [1.165, 1.54) is 12.1 Å². The van der Waals surface area contributed by atoms with Gasteiger partial charge in [0.2, 0.25) is 0 Å². The topological polar surface area (TPSA) is 30.5 Å². The fraction of sp³-hybridized carbons (Fsp3) is 0.500. The van der Waals surface area contributed by atoms with Gasteiger partial charge < -0.3 is 14.8 Å². The van der Waals surface area contributed by atoms with Crippen molar-refractivity contribution < 1.29 is 22.6 Å². The summed E-state index contributed by atoms with van der Waals surface area (Å²) in [6, 6.07) is 4.68. The molecule has 0 amide bonds. The van der Waals surface area contributed by atoms with Crippen molar-refractivity contribution in [3.8, 4) is 5.75 Å². The molecule has 1 aliphatic heterocycles. The molecule has 2 rings (SSSR count). The molecule has 1 aromatic rings. The largest absolute Gasteiger partial charge is 0.487 e. The quantitative estimate of drug-likeness (QED) is 0.884. The van der Waals surface area contributed by atoms with Crippen molar-refractivity contribution in [3.63, 3.8) is 0 Å². The zero-order valence-corrected chi connectivity index (χ0v) is 9.67. The molecule has 100 valence electrons. The van der Waals surface area contributed by atoms with Crippen molar-refractivity contribution in [1.29, 1.82) is 0 Å². The van der Waals surface area contributed by atoms with Gasteiger partial charge in [-0.3, -0.25) is 0 Å². The van der Waals surface area contributed by atoms with E-state index in [1.54, 1.807) is 0 Å². The average molecular weight is 261 g/mol. The highest BCUT2D eigenvalue weighted by Crippen LogP contribution is 2.30. The number of benzene rings is 1. The Labute approximate surface area is 103 Å². The predicted octanol–water partition coefficient (Wildman–Crippen LogP) is 2.07. The number of halogens is 3. The van der Waals surface area contributed by atoms with Crippen LogP contribution in [-0.2, 0) is 10.9 Å². The Morgan fingerprint density at radius 2 is 1.94 bits per heavy atom. The summed E-state index contributed by atoms with van der Waals surface area (Å²) >= 11 is 0. The number of hydrogen-bond acceptors (Lipinski definition) is 3. The van der Waals surface area contributed by atoms with Crippen molar-refractivity contribution >= 4 is 0 Å². The van der Waals surface area contributed by atoms with Gasteiger partial charge in [0.25, 0.3) is 0 Å². The van der Waals surface area contributed by atoms with Crippen molar-refractivity contribution in [2.75, 3.05) is 26.3 Å². The van der Waals surface area contributed by atoms with Gasteiger partial charge in [0.15, 0.2) is 0 Å². The first kappa shape index (κ1) is 13.2. The van der Waals surface area contributed by atoms with Gasteiger partial charge >= 0.3 is 6.18 Å². The lowest BCUT2D eigenvalue weighted by atomic mass is 10.2. The summed E-state index contributed by atoms with van der Waals surface area (Å²) in [5, 5.41) is 3.12. The Morgan fingerprint density at radius 1 is 1.22 bits per heavy atom. The molecule has 1 fully saturated rings. The van der Waals surface area contributed by atoms with Crippen LogP contribution >= 0.6 is 0 Å². The Kier molecular flexibility index (Phi) is 4.08. The van der Waals surface area contributed by atoms with E-state index >= 15 is 0 Å². The van der Waals surface area contributed by atoms with Gasteiger partial charge in [-0.25, -0.2) is 0 Å². The third-order valence-corrected chi connectivity index (χ3v) is 2.58. The molecular weight excluding hydrogens is 247 g/mol. The van der Waals surface area contributed by atoms with E-state index in [0.717, 1.165) is 18.7 Å². The third kappa shape index (κ3) is 3.61. The number of ether oxygens (including phenoxy) is 2. The van der Waals surface area contributed by atoms with E-state index in [-0.39, 0.29) is 6.10 Å². The second-order valence-corrected chi connectivity index (χ2v) is 4.04. The summed E-state index contributed by atoms with van der Waals surface area (Å²) in [5.74, 6) is 0.417. The Bertz CT molecular complexity index is 370. The van der Waals surface area contributed by atoms with Crippen LogP contribution in [0.1, 0.15) is 5.56 Å². The molecule has 1 aliphatic rings. The summed E-state index contributed by atoms with van der Waals surface area (Å²) in [6.07, 6.45) is -4.49. The van der Waals surface area contributed by atoms with Gasteiger partial charge in [-0.2, -0.15) is 13.2 Å². The summed E-state index contributed by atoms with van der Waals surface area (Å²) in [4.78, 5) is 0. The SMILES string of the molecule is FC(F)(F)c1ccc(O[C@H]2CNCCOC2)cc1. The molecule has 0 radical (unpaired) electrons. The predicted molar refractivity (Wildman–Crippen MR) is 59.5 cm³/mol. The zero-order valence-electron chi connectivity index (χ0n) is 9.67. The van der Waals surface area contributed by atoms with Crippen molar-refractivity contribution in [3.05, 3.63) is 29.8 Å². The van der Waals surface area contributed by atoms with E-state index in [0.29, 0.717) is 25.5 Å². The van der Waals surface area contributed by atoms with Gasteiger partial charge in [-0.1, -0.05) is 0 Å². The monoisotopic (exact) mass is 261 g/mol. The van der Waals surface area contributed by atoms with Crippen LogP contribution in [0.5, 0.6) is 5.75 Å². The maximum absolute atomic E-state index is 12.4. The zero-order chi connectivity index (χ0) is 13.0. The van der Waals surface area contributed by atoms with Gasteiger partial charge in [0, 0.05) is 13.1 Å². The van der Waals surface area contributed by atoms with Crippen LogP contribution in [0.15, 0.2) is 24.3 Å². The molecule has 0 unspecified atom stereocenters. The molecule has 1 atom stereocenters. The Balaban J connectivity index is 1.97. The molecule has 1 N–H and O–H groups in total. The summed E-state index contributed by atoms with van der Waals surface area (Å²) in [6.45, 7) is 2.44. The molecular formula is C12H14F3NO2. The molecule has 0 saturated carbocycles. The molecule has 1 aromatic carbocycles. The van der Waals surface area contributed by atoms with Crippen LogP contribution in [0.3, 0.4) is 0 Å². The average Bonchev–Trinajstić information content (AvgIpc) is 2.57. The van der Waals surface area contributed by atoms with Gasteiger partial charge in [0.1, 0.15) is 11.9 Å². The lowest BCUT2D eigenvalue weighted by Crippen LogP contribution is -2.32. The van der Waals surface area contributed by atoms with E-state index in [2.05, 4.69) is 5.32 Å². The fourth-order valence-corrected chi connectivity index (χ4v) is 1.67. The highest BCUT2D eigenvalue weighted by Gasteiger charge is 2.30.